The number of benzene rings is 1. The number of hydrogen-bond donors (Lipinski definition) is 2. The van der Waals surface area contributed by atoms with Crippen molar-refractivity contribution in [3.05, 3.63) is 41.5 Å². The summed E-state index contributed by atoms with van der Waals surface area (Å²) in [6, 6.07) is 6.04. The second kappa shape index (κ2) is 7.25. The van der Waals surface area contributed by atoms with E-state index < -0.39 is 0 Å². The van der Waals surface area contributed by atoms with Crippen LogP contribution >= 0.6 is 0 Å². The molecule has 0 saturated carbocycles. The summed E-state index contributed by atoms with van der Waals surface area (Å²) in [6.45, 7) is 3.96. The first-order valence-corrected chi connectivity index (χ1v) is 8.93. The third-order valence-corrected chi connectivity index (χ3v) is 4.60. The molecule has 0 bridgehead atoms. The van der Waals surface area contributed by atoms with Crippen LogP contribution in [0.25, 0.3) is 11.0 Å². The molecule has 0 unspecified atom stereocenters. The Hall–Kier alpha value is -2.74. The molecule has 3 heterocycles. The number of rotatable bonds is 6. The summed E-state index contributed by atoms with van der Waals surface area (Å²) in [6.07, 6.45) is 4.57. The Bertz CT molecular complexity index is 909. The number of aryl methyl sites for hydroxylation is 1. The van der Waals surface area contributed by atoms with Gasteiger partial charge in [-0.1, -0.05) is 17.3 Å². The fourth-order valence-electron chi connectivity index (χ4n) is 3.22. The highest BCUT2D eigenvalue weighted by atomic mass is 16.5. The lowest BCUT2D eigenvalue weighted by Crippen LogP contribution is -2.26. The minimum absolute atomic E-state index is 0.171. The number of H-pyrrole nitrogens is 1. The highest BCUT2D eigenvalue weighted by Crippen LogP contribution is 2.15. The summed E-state index contributed by atoms with van der Waals surface area (Å²) in [7, 11) is 0. The van der Waals surface area contributed by atoms with Crippen molar-refractivity contribution in [2.24, 2.45) is 0 Å². The molecule has 1 aliphatic heterocycles. The van der Waals surface area contributed by atoms with Gasteiger partial charge in [-0.2, -0.15) is 0 Å². The number of nitrogens with zero attached hydrogens (tertiary/aromatic N) is 4. The fourth-order valence-corrected chi connectivity index (χ4v) is 3.22. The Morgan fingerprint density at radius 3 is 3.19 bits per heavy atom. The Morgan fingerprint density at radius 1 is 1.46 bits per heavy atom. The molecule has 1 aliphatic rings. The van der Waals surface area contributed by atoms with E-state index in [0.29, 0.717) is 25.2 Å². The molecule has 26 heavy (non-hydrogen) atoms. The number of fused-ring (bicyclic) bond motifs is 1. The Balaban J connectivity index is 1.30. The summed E-state index contributed by atoms with van der Waals surface area (Å²) in [5.41, 5.74) is 3.45. The molecule has 1 fully saturated rings. The molecule has 1 aromatic carbocycles. The normalized spacial score (nSPS) is 17.0. The van der Waals surface area contributed by atoms with Gasteiger partial charge < -0.3 is 15.0 Å². The summed E-state index contributed by atoms with van der Waals surface area (Å²) in [5, 5.41) is 10.8. The monoisotopic (exact) mass is 354 g/mol. The molecule has 1 amide bonds. The SMILES string of the molecule is Cc1cccc2[nH]c(CCNC(=O)c3cn(C[C@@H]4CCCO4)nn3)nc12. The zero-order valence-electron chi connectivity index (χ0n) is 14.7. The van der Waals surface area contributed by atoms with Crippen LogP contribution in [-0.2, 0) is 17.7 Å². The lowest BCUT2D eigenvalue weighted by molar-refractivity contribution is 0.0930. The van der Waals surface area contributed by atoms with E-state index in [-0.39, 0.29) is 12.0 Å². The van der Waals surface area contributed by atoms with Crippen LogP contribution in [0.3, 0.4) is 0 Å². The predicted octanol–water partition coefficient (Wildman–Crippen LogP) is 1.61. The zero-order valence-corrected chi connectivity index (χ0v) is 14.7. The number of aromatic nitrogens is 5. The molecule has 8 heteroatoms. The summed E-state index contributed by atoms with van der Waals surface area (Å²) >= 11 is 0. The first-order chi connectivity index (χ1) is 12.7. The van der Waals surface area contributed by atoms with Crippen LogP contribution in [0.15, 0.2) is 24.4 Å². The van der Waals surface area contributed by atoms with E-state index >= 15 is 0 Å². The maximum absolute atomic E-state index is 12.2. The van der Waals surface area contributed by atoms with Crippen molar-refractivity contribution < 1.29 is 9.53 Å². The first kappa shape index (κ1) is 16.7. The quantitative estimate of drug-likeness (QED) is 0.701. The van der Waals surface area contributed by atoms with Gasteiger partial charge in [-0.05, 0) is 31.4 Å². The smallest absolute Gasteiger partial charge is 0.273 e. The van der Waals surface area contributed by atoms with Gasteiger partial charge in [-0.3, -0.25) is 4.79 Å². The molecule has 0 radical (unpaired) electrons. The van der Waals surface area contributed by atoms with Crippen LogP contribution in [0.4, 0.5) is 0 Å². The van der Waals surface area contributed by atoms with Gasteiger partial charge in [-0.15, -0.1) is 5.10 Å². The highest BCUT2D eigenvalue weighted by Gasteiger charge is 2.18. The van der Waals surface area contributed by atoms with E-state index in [1.54, 1.807) is 10.9 Å². The summed E-state index contributed by atoms with van der Waals surface area (Å²) in [4.78, 5) is 20.1. The van der Waals surface area contributed by atoms with E-state index in [1.807, 2.05) is 25.1 Å². The molecule has 136 valence electrons. The summed E-state index contributed by atoms with van der Waals surface area (Å²) in [5.74, 6) is 0.632. The van der Waals surface area contributed by atoms with Crippen LogP contribution in [0.1, 0.15) is 34.7 Å². The minimum Gasteiger partial charge on any atom is -0.376 e. The second-order valence-electron chi connectivity index (χ2n) is 6.62. The first-order valence-electron chi connectivity index (χ1n) is 8.93. The molecule has 2 aromatic heterocycles. The average Bonchev–Trinajstić information content (AvgIpc) is 3.36. The van der Waals surface area contributed by atoms with Crippen molar-refractivity contribution in [1.29, 1.82) is 0 Å². The summed E-state index contributed by atoms with van der Waals surface area (Å²) < 4.78 is 7.25. The number of ether oxygens (including phenoxy) is 1. The van der Waals surface area contributed by atoms with Gasteiger partial charge in [0, 0.05) is 19.6 Å². The van der Waals surface area contributed by atoms with Crippen molar-refractivity contribution in [2.45, 2.75) is 38.8 Å². The number of para-hydroxylation sites is 1. The average molecular weight is 354 g/mol. The van der Waals surface area contributed by atoms with Gasteiger partial charge in [0.1, 0.15) is 5.82 Å². The number of carbonyl (C=O) groups excluding carboxylic acids is 1. The van der Waals surface area contributed by atoms with Crippen LogP contribution in [0, 0.1) is 6.92 Å². The van der Waals surface area contributed by atoms with Crippen molar-refractivity contribution >= 4 is 16.9 Å². The van der Waals surface area contributed by atoms with E-state index in [9.17, 15) is 4.79 Å². The maximum Gasteiger partial charge on any atom is 0.273 e. The largest absolute Gasteiger partial charge is 0.376 e. The number of aromatic amines is 1. The van der Waals surface area contributed by atoms with Crippen molar-refractivity contribution in [3.8, 4) is 0 Å². The minimum atomic E-state index is -0.226. The predicted molar refractivity (Wildman–Crippen MR) is 95.9 cm³/mol. The Labute approximate surface area is 150 Å². The van der Waals surface area contributed by atoms with E-state index in [0.717, 1.165) is 41.9 Å². The molecule has 3 aromatic rings. The second-order valence-corrected chi connectivity index (χ2v) is 6.62. The van der Waals surface area contributed by atoms with Crippen LogP contribution in [0.2, 0.25) is 0 Å². The lowest BCUT2D eigenvalue weighted by atomic mass is 10.2. The van der Waals surface area contributed by atoms with Crippen LogP contribution in [-0.4, -0.2) is 50.1 Å². The molecular weight excluding hydrogens is 332 g/mol. The van der Waals surface area contributed by atoms with Gasteiger partial charge in [0.25, 0.3) is 5.91 Å². The molecule has 8 nitrogen and oxygen atoms in total. The van der Waals surface area contributed by atoms with Crippen molar-refractivity contribution in [2.75, 3.05) is 13.2 Å². The van der Waals surface area contributed by atoms with Crippen LogP contribution in [0.5, 0.6) is 0 Å². The molecule has 1 atom stereocenters. The fraction of sp³-hybridized carbons (Fsp3) is 0.444. The van der Waals surface area contributed by atoms with Gasteiger partial charge in [-0.25, -0.2) is 9.67 Å². The zero-order chi connectivity index (χ0) is 17.9. The van der Waals surface area contributed by atoms with E-state index in [2.05, 4.69) is 25.6 Å². The topological polar surface area (TPSA) is 97.7 Å². The molecule has 1 saturated heterocycles. The van der Waals surface area contributed by atoms with Gasteiger partial charge in [0.15, 0.2) is 5.69 Å². The third kappa shape index (κ3) is 3.60. The number of nitrogens with one attached hydrogen (secondary N) is 2. The lowest BCUT2D eigenvalue weighted by Gasteiger charge is -2.07. The number of imidazole rings is 1. The molecule has 0 aliphatic carbocycles. The van der Waals surface area contributed by atoms with E-state index in [1.165, 1.54) is 0 Å². The third-order valence-electron chi connectivity index (χ3n) is 4.60. The number of hydrogen-bond acceptors (Lipinski definition) is 5. The molecule has 0 spiro atoms. The van der Waals surface area contributed by atoms with Crippen molar-refractivity contribution in [3.63, 3.8) is 0 Å². The maximum atomic E-state index is 12.2. The van der Waals surface area contributed by atoms with Gasteiger partial charge in [0.05, 0.1) is 29.9 Å². The Kier molecular flexibility index (Phi) is 4.66. The number of amides is 1. The van der Waals surface area contributed by atoms with Crippen LogP contribution < -0.4 is 5.32 Å². The van der Waals surface area contributed by atoms with Crippen molar-refractivity contribution in [1.82, 2.24) is 30.3 Å². The highest BCUT2D eigenvalue weighted by molar-refractivity contribution is 5.91. The molecule has 2 N–H and O–H groups in total. The van der Waals surface area contributed by atoms with Gasteiger partial charge >= 0.3 is 0 Å². The molecule has 4 rings (SSSR count). The van der Waals surface area contributed by atoms with Gasteiger partial charge in [0.2, 0.25) is 0 Å². The Morgan fingerprint density at radius 2 is 2.38 bits per heavy atom. The molecular formula is C18H22N6O2. The standard InChI is InChI=1S/C18H22N6O2/c1-12-4-2-6-14-17(12)21-16(20-14)7-8-19-18(25)15-11-24(23-22-15)10-13-5-3-9-26-13/h2,4,6,11,13H,3,5,7-10H2,1H3,(H,19,25)(H,20,21)/t13-/m0/s1. The van der Waals surface area contributed by atoms with E-state index in [4.69, 9.17) is 4.74 Å². The number of carbonyl (C=O) groups is 1.